The number of rotatable bonds is 7. The van der Waals surface area contributed by atoms with E-state index < -0.39 is 16.9 Å². The molecule has 1 heterocycles. The van der Waals surface area contributed by atoms with Crippen LogP contribution in [-0.2, 0) is 11.3 Å². The van der Waals surface area contributed by atoms with E-state index in [-0.39, 0.29) is 11.6 Å². The van der Waals surface area contributed by atoms with E-state index in [4.69, 9.17) is 5.11 Å². The first-order valence-electron chi connectivity index (χ1n) is 7.18. The van der Waals surface area contributed by atoms with Crippen LogP contribution in [-0.4, -0.2) is 22.0 Å². The van der Waals surface area contributed by atoms with Crippen molar-refractivity contribution in [2.45, 2.75) is 26.4 Å². The fraction of sp³-hybridized carbons (Fsp3) is 0.312. The first kappa shape index (κ1) is 17.1. The van der Waals surface area contributed by atoms with Crippen LogP contribution >= 0.6 is 11.3 Å². The molecule has 0 aliphatic rings. The minimum Gasteiger partial charge on any atom is -0.480 e. The van der Waals surface area contributed by atoms with Gasteiger partial charge in [-0.25, -0.2) is 0 Å². The molecule has 1 aromatic heterocycles. The van der Waals surface area contributed by atoms with Gasteiger partial charge in [-0.1, -0.05) is 13.8 Å². The summed E-state index contributed by atoms with van der Waals surface area (Å²) in [5.41, 5.74) is 0.971. The summed E-state index contributed by atoms with van der Waals surface area (Å²) in [6, 6.07) is 9.69. The predicted octanol–water partition coefficient (Wildman–Crippen LogP) is 3.52. The van der Waals surface area contributed by atoms with Crippen LogP contribution in [0.1, 0.15) is 18.7 Å². The first-order chi connectivity index (χ1) is 10.9. The summed E-state index contributed by atoms with van der Waals surface area (Å²) in [6.45, 7) is 4.21. The molecule has 2 rings (SSSR count). The predicted molar refractivity (Wildman–Crippen MR) is 89.5 cm³/mol. The highest BCUT2D eigenvalue weighted by atomic mass is 32.1. The quantitative estimate of drug-likeness (QED) is 0.597. The average molecular weight is 334 g/mol. The highest BCUT2D eigenvalue weighted by Crippen LogP contribution is 2.29. The Morgan fingerprint density at radius 2 is 1.91 bits per heavy atom. The number of nitro groups is 1. The smallest absolute Gasteiger partial charge is 0.320 e. The van der Waals surface area contributed by atoms with Crippen molar-refractivity contribution in [3.05, 3.63) is 51.4 Å². The summed E-state index contributed by atoms with van der Waals surface area (Å²) in [5.74, 6) is -0.853. The SMILES string of the molecule is CC(C)[C@H](NCc1ccc(-c2ccc([N+](=O)[O-])cc2)s1)C(=O)O. The molecule has 23 heavy (non-hydrogen) atoms. The Hall–Kier alpha value is -2.25. The van der Waals surface area contributed by atoms with Gasteiger partial charge in [-0.3, -0.25) is 20.2 Å². The van der Waals surface area contributed by atoms with Crippen LogP contribution in [0.2, 0.25) is 0 Å². The first-order valence-corrected chi connectivity index (χ1v) is 8.00. The molecule has 2 aromatic rings. The molecule has 0 saturated carbocycles. The fourth-order valence-electron chi connectivity index (χ4n) is 2.19. The van der Waals surface area contributed by atoms with E-state index in [1.165, 1.54) is 12.1 Å². The molecule has 2 N–H and O–H groups in total. The molecule has 0 saturated heterocycles. The number of carbonyl (C=O) groups is 1. The molecule has 0 aliphatic carbocycles. The fourth-order valence-corrected chi connectivity index (χ4v) is 3.16. The lowest BCUT2D eigenvalue weighted by molar-refractivity contribution is -0.384. The van der Waals surface area contributed by atoms with Crippen molar-refractivity contribution in [2.24, 2.45) is 5.92 Å². The number of nitrogens with zero attached hydrogens (tertiary/aromatic N) is 1. The number of carboxylic acid groups (broad SMARTS) is 1. The van der Waals surface area contributed by atoms with Crippen molar-refractivity contribution < 1.29 is 14.8 Å². The van der Waals surface area contributed by atoms with Crippen LogP contribution in [0, 0.1) is 16.0 Å². The van der Waals surface area contributed by atoms with Gasteiger partial charge in [0.1, 0.15) is 6.04 Å². The highest BCUT2D eigenvalue weighted by molar-refractivity contribution is 7.15. The third kappa shape index (κ3) is 4.37. The average Bonchev–Trinajstić information content (AvgIpc) is 2.95. The summed E-state index contributed by atoms with van der Waals surface area (Å²) in [7, 11) is 0. The van der Waals surface area contributed by atoms with Crippen LogP contribution in [0.3, 0.4) is 0 Å². The maximum absolute atomic E-state index is 11.2. The third-order valence-electron chi connectivity index (χ3n) is 3.45. The maximum atomic E-state index is 11.2. The van der Waals surface area contributed by atoms with Gasteiger partial charge in [0, 0.05) is 28.4 Å². The molecular formula is C16H18N2O4S. The standard InChI is InChI=1S/C16H18N2O4S/c1-10(2)15(16(19)20)17-9-13-7-8-14(23-13)11-3-5-12(6-4-11)18(21)22/h3-8,10,15,17H,9H2,1-2H3,(H,19,20)/t15-/m0/s1. The zero-order valence-corrected chi connectivity index (χ0v) is 13.7. The van der Waals surface area contributed by atoms with Crippen molar-refractivity contribution in [1.29, 1.82) is 0 Å². The molecule has 122 valence electrons. The second-order valence-corrected chi connectivity index (χ2v) is 6.68. The zero-order chi connectivity index (χ0) is 17.0. The van der Waals surface area contributed by atoms with Crippen LogP contribution in [0.15, 0.2) is 36.4 Å². The lowest BCUT2D eigenvalue weighted by Crippen LogP contribution is -2.40. The molecule has 0 fully saturated rings. The lowest BCUT2D eigenvalue weighted by atomic mass is 10.1. The second kappa shape index (κ2) is 7.34. The monoisotopic (exact) mass is 334 g/mol. The van der Waals surface area contributed by atoms with E-state index in [1.807, 2.05) is 26.0 Å². The number of hydrogen-bond acceptors (Lipinski definition) is 5. The van der Waals surface area contributed by atoms with Gasteiger partial charge in [0.25, 0.3) is 5.69 Å². The third-order valence-corrected chi connectivity index (χ3v) is 4.59. The van der Waals surface area contributed by atoms with Crippen molar-refractivity contribution in [3.8, 4) is 10.4 Å². The molecule has 1 atom stereocenters. The number of carboxylic acids is 1. The van der Waals surface area contributed by atoms with Crippen LogP contribution in [0.5, 0.6) is 0 Å². The van der Waals surface area contributed by atoms with Gasteiger partial charge >= 0.3 is 5.97 Å². The Bertz CT molecular complexity index is 694. The minimum absolute atomic E-state index is 0.00149. The van der Waals surface area contributed by atoms with Gasteiger partial charge in [0.05, 0.1) is 4.92 Å². The summed E-state index contributed by atoms with van der Waals surface area (Å²) >= 11 is 1.54. The Kier molecular flexibility index (Phi) is 5.46. The molecule has 0 amide bonds. The van der Waals surface area contributed by atoms with E-state index in [0.29, 0.717) is 6.54 Å². The van der Waals surface area contributed by atoms with Gasteiger partial charge in [0.15, 0.2) is 0 Å². The molecule has 0 aliphatic heterocycles. The Balaban J connectivity index is 2.05. The van der Waals surface area contributed by atoms with Crippen molar-refractivity contribution in [3.63, 3.8) is 0 Å². The number of nitro benzene ring substituents is 1. The molecule has 6 nitrogen and oxygen atoms in total. The van der Waals surface area contributed by atoms with Crippen molar-refractivity contribution in [2.75, 3.05) is 0 Å². The number of nitrogens with one attached hydrogen (secondary N) is 1. The summed E-state index contributed by atoms with van der Waals surface area (Å²) in [6.07, 6.45) is 0. The summed E-state index contributed by atoms with van der Waals surface area (Å²) in [5, 5.41) is 22.9. The van der Waals surface area contributed by atoms with E-state index in [9.17, 15) is 14.9 Å². The van der Waals surface area contributed by atoms with E-state index in [0.717, 1.165) is 15.3 Å². The Morgan fingerprint density at radius 3 is 2.43 bits per heavy atom. The highest BCUT2D eigenvalue weighted by Gasteiger charge is 2.20. The molecule has 7 heteroatoms. The number of aliphatic carboxylic acids is 1. The largest absolute Gasteiger partial charge is 0.480 e. The normalized spacial score (nSPS) is 12.3. The number of thiophene rings is 1. The zero-order valence-electron chi connectivity index (χ0n) is 12.9. The number of benzene rings is 1. The summed E-state index contributed by atoms with van der Waals surface area (Å²) in [4.78, 5) is 23.4. The number of hydrogen-bond donors (Lipinski definition) is 2. The van der Waals surface area contributed by atoms with Gasteiger partial charge in [0.2, 0.25) is 0 Å². The number of non-ortho nitro benzene ring substituents is 1. The van der Waals surface area contributed by atoms with Crippen LogP contribution in [0.4, 0.5) is 5.69 Å². The molecule has 0 bridgehead atoms. The molecule has 0 radical (unpaired) electrons. The lowest BCUT2D eigenvalue weighted by Gasteiger charge is -2.17. The van der Waals surface area contributed by atoms with Crippen LogP contribution in [0.25, 0.3) is 10.4 Å². The van der Waals surface area contributed by atoms with E-state index in [2.05, 4.69) is 5.32 Å². The topological polar surface area (TPSA) is 92.5 Å². The van der Waals surface area contributed by atoms with E-state index >= 15 is 0 Å². The Labute approximate surface area is 137 Å². The molecular weight excluding hydrogens is 316 g/mol. The van der Waals surface area contributed by atoms with Gasteiger partial charge < -0.3 is 5.11 Å². The van der Waals surface area contributed by atoms with Gasteiger partial charge in [-0.05, 0) is 35.7 Å². The maximum Gasteiger partial charge on any atom is 0.320 e. The molecule has 1 aromatic carbocycles. The van der Waals surface area contributed by atoms with Gasteiger partial charge in [-0.2, -0.15) is 0 Å². The van der Waals surface area contributed by atoms with Crippen LogP contribution < -0.4 is 5.32 Å². The summed E-state index contributed by atoms with van der Waals surface area (Å²) < 4.78 is 0. The van der Waals surface area contributed by atoms with E-state index in [1.54, 1.807) is 23.5 Å². The molecule has 0 spiro atoms. The van der Waals surface area contributed by atoms with Crippen molar-refractivity contribution in [1.82, 2.24) is 5.32 Å². The minimum atomic E-state index is -0.854. The van der Waals surface area contributed by atoms with Crippen molar-refractivity contribution >= 4 is 23.0 Å². The molecule has 0 unspecified atom stereocenters. The second-order valence-electron chi connectivity index (χ2n) is 5.51. The van der Waals surface area contributed by atoms with Gasteiger partial charge in [-0.15, -0.1) is 11.3 Å². The Morgan fingerprint density at radius 1 is 1.26 bits per heavy atom.